The number of hydrogen-bond acceptors (Lipinski definition) is 3. The minimum absolute atomic E-state index is 0.0310. The first-order chi connectivity index (χ1) is 12.3. The number of amides is 1. The van der Waals surface area contributed by atoms with E-state index < -0.39 is 29.3 Å². The predicted octanol–water partition coefficient (Wildman–Crippen LogP) is 5.49. The van der Waals surface area contributed by atoms with Crippen molar-refractivity contribution in [2.24, 2.45) is 0 Å². The zero-order chi connectivity index (χ0) is 20.4. The van der Waals surface area contributed by atoms with Gasteiger partial charge in [-0.2, -0.15) is 13.2 Å². The molecular weight excluding hydrogens is 364 g/mol. The highest BCUT2D eigenvalue weighted by molar-refractivity contribution is 5.86. The maximum absolute atomic E-state index is 13.7. The highest BCUT2D eigenvalue weighted by atomic mass is 19.4. The molecule has 2 aromatic rings. The fourth-order valence-corrected chi connectivity index (χ4v) is 2.31. The minimum atomic E-state index is -4.70. The third kappa shape index (κ3) is 5.94. The Hall–Kier alpha value is -2.64. The smallest absolute Gasteiger partial charge is 0.416 e. The number of aromatic nitrogens is 1. The van der Waals surface area contributed by atoms with Crippen LogP contribution in [0.1, 0.15) is 37.5 Å². The summed E-state index contributed by atoms with van der Waals surface area (Å²) in [6, 6.07) is 5.46. The minimum Gasteiger partial charge on any atom is -0.443 e. The van der Waals surface area contributed by atoms with Gasteiger partial charge in [-0.05, 0) is 69.2 Å². The summed E-state index contributed by atoms with van der Waals surface area (Å²) in [5, 5.41) is 0. The number of carbonyl (C=O) groups is 1. The second-order valence-electron chi connectivity index (χ2n) is 7.10. The maximum atomic E-state index is 13.7. The van der Waals surface area contributed by atoms with Crippen molar-refractivity contribution in [2.45, 2.75) is 46.0 Å². The molecule has 1 heterocycles. The first kappa shape index (κ1) is 20.7. The Morgan fingerprint density at radius 2 is 1.81 bits per heavy atom. The number of carbonyl (C=O) groups excluding carboxylic acids is 1. The van der Waals surface area contributed by atoms with Gasteiger partial charge in [0.2, 0.25) is 0 Å². The Bertz CT molecular complexity index is 829. The second-order valence-corrected chi connectivity index (χ2v) is 7.10. The van der Waals surface area contributed by atoms with Crippen molar-refractivity contribution < 1.29 is 27.1 Å². The fraction of sp³-hybridized carbons (Fsp3) is 0.368. The molecule has 27 heavy (non-hydrogen) atoms. The van der Waals surface area contributed by atoms with Gasteiger partial charge in [0, 0.05) is 6.20 Å². The number of halogens is 4. The van der Waals surface area contributed by atoms with Crippen LogP contribution in [-0.4, -0.2) is 16.7 Å². The van der Waals surface area contributed by atoms with Gasteiger partial charge in [-0.3, -0.25) is 4.90 Å². The molecule has 8 heteroatoms. The van der Waals surface area contributed by atoms with Crippen LogP contribution in [0.2, 0.25) is 0 Å². The molecule has 1 amide bonds. The molecule has 0 aliphatic carbocycles. The molecule has 146 valence electrons. The van der Waals surface area contributed by atoms with Crippen LogP contribution in [0.5, 0.6) is 0 Å². The van der Waals surface area contributed by atoms with E-state index in [2.05, 4.69) is 4.98 Å². The quantitative estimate of drug-likeness (QED) is 0.657. The number of aryl methyl sites for hydroxylation is 1. The van der Waals surface area contributed by atoms with Crippen LogP contribution in [0.15, 0.2) is 36.5 Å². The molecule has 0 saturated heterocycles. The molecule has 0 N–H and O–H groups in total. The lowest BCUT2D eigenvalue weighted by atomic mass is 10.1. The summed E-state index contributed by atoms with van der Waals surface area (Å²) < 4.78 is 57.9. The molecule has 0 aliphatic heterocycles. The van der Waals surface area contributed by atoms with E-state index in [4.69, 9.17) is 4.74 Å². The average Bonchev–Trinajstić information content (AvgIpc) is 2.49. The van der Waals surface area contributed by atoms with E-state index in [0.717, 1.165) is 22.6 Å². The third-order valence-corrected chi connectivity index (χ3v) is 3.42. The van der Waals surface area contributed by atoms with Gasteiger partial charge in [0.25, 0.3) is 0 Å². The van der Waals surface area contributed by atoms with E-state index in [-0.39, 0.29) is 17.9 Å². The second kappa shape index (κ2) is 7.54. The number of nitrogens with zero attached hydrogens (tertiary/aromatic N) is 2. The first-order valence-corrected chi connectivity index (χ1v) is 8.15. The Balaban J connectivity index is 2.43. The molecule has 1 aromatic heterocycles. The lowest BCUT2D eigenvalue weighted by molar-refractivity contribution is -0.137. The van der Waals surface area contributed by atoms with Gasteiger partial charge in [0.15, 0.2) is 0 Å². The molecule has 2 rings (SSSR count). The molecule has 0 saturated carbocycles. The summed E-state index contributed by atoms with van der Waals surface area (Å²) in [4.78, 5) is 17.8. The van der Waals surface area contributed by atoms with Gasteiger partial charge in [-0.1, -0.05) is 0 Å². The van der Waals surface area contributed by atoms with Crippen LogP contribution in [0.3, 0.4) is 0 Å². The van der Waals surface area contributed by atoms with E-state index in [1.54, 1.807) is 39.8 Å². The fourth-order valence-electron chi connectivity index (χ4n) is 2.31. The lowest BCUT2D eigenvalue weighted by Gasteiger charge is -2.27. The molecule has 1 aromatic carbocycles. The Kier molecular flexibility index (Phi) is 5.77. The highest BCUT2D eigenvalue weighted by Crippen LogP contribution is 2.31. The molecule has 4 nitrogen and oxygen atoms in total. The molecular formula is C19H20F4N2O2. The van der Waals surface area contributed by atoms with E-state index >= 15 is 0 Å². The van der Waals surface area contributed by atoms with Crippen LogP contribution < -0.4 is 4.90 Å². The van der Waals surface area contributed by atoms with Gasteiger partial charge in [-0.25, -0.2) is 14.2 Å². The van der Waals surface area contributed by atoms with Gasteiger partial charge in [0.1, 0.15) is 17.2 Å². The summed E-state index contributed by atoms with van der Waals surface area (Å²) >= 11 is 0. The number of pyridine rings is 1. The van der Waals surface area contributed by atoms with Crippen LogP contribution >= 0.6 is 0 Å². The lowest BCUT2D eigenvalue weighted by Crippen LogP contribution is -2.37. The van der Waals surface area contributed by atoms with Crippen LogP contribution in [-0.2, 0) is 17.5 Å². The molecule has 0 atom stereocenters. The molecule has 0 unspecified atom stereocenters. The Morgan fingerprint density at radius 1 is 1.15 bits per heavy atom. The van der Waals surface area contributed by atoms with E-state index in [9.17, 15) is 22.4 Å². The number of benzene rings is 1. The molecule has 0 bridgehead atoms. The Morgan fingerprint density at radius 3 is 2.37 bits per heavy atom. The summed E-state index contributed by atoms with van der Waals surface area (Å²) in [5.41, 5.74) is -1.18. The number of hydrogen-bond donors (Lipinski definition) is 0. The number of anilines is 1. The van der Waals surface area contributed by atoms with Crippen molar-refractivity contribution in [1.29, 1.82) is 0 Å². The Labute approximate surface area is 154 Å². The molecule has 0 spiro atoms. The SMILES string of the molecule is Cc1ccnc(N(Cc2cc(F)cc(C(F)(F)F)c2)C(=O)OC(C)(C)C)c1. The summed E-state index contributed by atoms with van der Waals surface area (Å²) in [5.74, 6) is -0.844. The summed E-state index contributed by atoms with van der Waals surface area (Å²) in [6.07, 6.45) is -4.03. The molecule has 0 radical (unpaired) electrons. The number of rotatable bonds is 3. The topological polar surface area (TPSA) is 42.4 Å². The first-order valence-electron chi connectivity index (χ1n) is 8.15. The zero-order valence-corrected chi connectivity index (χ0v) is 15.4. The number of alkyl halides is 3. The van der Waals surface area contributed by atoms with Crippen LogP contribution in [0.4, 0.5) is 28.2 Å². The van der Waals surface area contributed by atoms with Crippen molar-refractivity contribution in [1.82, 2.24) is 4.98 Å². The van der Waals surface area contributed by atoms with Crippen molar-refractivity contribution in [3.05, 3.63) is 59.0 Å². The van der Waals surface area contributed by atoms with Crippen molar-refractivity contribution in [3.8, 4) is 0 Å². The van der Waals surface area contributed by atoms with E-state index in [0.29, 0.717) is 6.07 Å². The standard InChI is InChI=1S/C19H20F4N2O2/c1-12-5-6-24-16(7-12)25(17(26)27-18(2,3)4)11-13-8-14(19(21,22)23)10-15(20)9-13/h5-10H,11H2,1-4H3. The monoisotopic (exact) mass is 384 g/mol. The number of ether oxygens (including phenoxy) is 1. The van der Waals surface area contributed by atoms with Crippen molar-refractivity contribution in [2.75, 3.05) is 4.90 Å². The largest absolute Gasteiger partial charge is 0.443 e. The van der Waals surface area contributed by atoms with Gasteiger partial charge in [0.05, 0.1) is 12.1 Å². The van der Waals surface area contributed by atoms with Gasteiger partial charge < -0.3 is 4.74 Å². The van der Waals surface area contributed by atoms with Crippen molar-refractivity contribution >= 4 is 11.9 Å². The molecule has 0 fully saturated rings. The average molecular weight is 384 g/mol. The van der Waals surface area contributed by atoms with Gasteiger partial charge >= 0.3 is 12.3 Å². The zero-order valence-electron chi connectivity index (χ0n) is 15.4. The van der Waals surface area contributed by atoms with Crippen LogP contribution in [0, 0.1) is 12.7 Å². The highest BCUT2D eigenvalue weighted by Gasteiger charge is 2.32. The van der Waals surface area contributed by atoms with Crippen molar-refractivity contribution in [3.63, 3.8) is 0 Å². The normalized spacial score (nSPS) is 12.0. The van der Waals surface area contributed by atoms with Gasteiger partial charge in [-0.15, -0.1) is 0 Å². The maximum Gasteiger partial charge on any atom is 0.416 e. The predicted molar refractivity (Wildman–Crippen MR) is 92.8 cm³/mol. The third-order valence-electron chi connectivity index (χ3n) is 3.42. The summed E-state index contributed by atoms with van der Waals surface area (Å²) in [6.45, 7) is 6.44. The van der Waals surface area contributed by atoms with Crippen LogP contribution in [0.25, 0.3) is 0 Å². The van der Waals surface area contributed by atoms with E-state index in [1.165, 1.54) is 6.20 Å². The molecule has 0 aliphatic rings. The van der Waals surface area contributed by atoms with E-state index in [1.807, 2.05) is 0 Å². The summed E-state index contributed by atoms with van der Waals surface area (Å²) in [7, 11) is 0.